The van der Waals surface area contributed by atoms with Gasteiger partial charge in [0.1, 0.15) is 11.6 Å². The molecule has 0 saturated carbocycles. The van der Waals surface area contributed by atoms with Gasteiger partial charge in [-0.2, -0.15) is 0 Å². The monoisotopic (exact) mass is 268 g/mol. The molecular weight excluding hydrogens is 248 g/mol. The maximum atomic E-state index is 5.56. The summed E-state index contributed by atoms with van der Waals surface area (Å²) in [6.45, 7) is 7.88. The molecule has 0 fully saturated rings. The predicted octanol–water partition coefficient (Wildman–Crippen LogP) is 3.79. The molecule has 20 heavy (non-hydrogen) atoms. The van der Waals surface area contributed by atoms with Gasteiger partial charge in [-0.25, -0.2) is 4.98 Å². The first-order chi connectivity index (χ1) is 9.69. The van der Waals surface area contributed by atoms with Crippen LogP contribution in [0.25, 0.3) is 0 Å². The number of nitrogens with zero attached hydrogens (tertiary/aromatic N) is 2. The average Bonchev–Trinajstić information content (AvgIpc) is 2.82. The van der Waals surface area contributed by atoms with Gasteiger partial charge in [-0.05, 0) is 62.6 Å². The maximum absolute atomic E-state index is 5.56. The number of hydrogen-bond donors (Lipinski definition) is 0. The van der Waals surface area contributed by atoms with Crippen molar-refractivity contribution in [2.45, 2.75) is 27.2 Å². The largest absolute Gasteiger partial charge is 0.494 e. The topological polar surface area (TPSA) is 25.4 Å². The molecule has 0 radical (unpaired) electrons. The molecule has 0 amide bonds. The van der Waals surface area contributed by atoms with Crippen LogP contribution in [0, 0.1) is 13.8 Å². The number of aryl methyl sites for hydroxylation is 2. The van der Waals surface area contributed by atoms with E-state index < -0.39 is 0 Å². The van der Waals surface area contributed by atoms with E-state index in [1.165, 1.54) is 16.8 Å². The van der Waals surface area contributed by atoms with Gasteiger partial charge in [-0.15, -0.1) is 0 Å². The fraction of sp³-hybridized carbons (Fsp3) is 0.353. The van der Waals surface area contributed by atoms with Crippen LogP contribution in [0.3, 0.4) is 0 Å². The third-order valence-corrected chi connectivity index (χ3v) is 3.73. The van der Waals surface area contributed by atoms with Crippen molar-refractivity contribution in [1.82, 2.24) is 4.98 Å². The summed E-state index contributed by atoms with van der Waals surface area (Å²) in [5, 5.41) is 0. The summed E-state index contributed by atoms with van der Waals surface area (Å²) >= 11 is 0. The molecule has 0 bridgehead atoms. The third kappa shape index (κ3) is 2.24. The lowest BCUT2D eigenvalue weighted by atomic mass is 10.1. The molecule has 0 spiro atoms. The number of aromatic nitrogens is 1. The van der Waals surface area contributed by atoms with E-state index in [-0.39, 0.29) is 0 Å². The molecule has 0 N–H and O–H groups in total. The van der Waals surface area contributed by atoms with E-state index in [9.17, 15) is 0 Å². The SMILES string of the molecule is CCOc1ccc(N2CCc3ccc(C)nc32)c(C)c1. The molecule has 1 aromatic carbocycles. The van der Waals surface area contributed by atoms with E-state index in [2.05, 4.69) is 36.1 Å². The Bertz CT molecular complexity index is 637. The number of pyridine rings is 1. The van der Waals surface area contributed by atoms with Gasteiger partial charge >= 0.3 is 0 Å². The van der Waals surface area contributed by atoms with E-state index in [1.807, 2.05) is 19.9 Å². The van der Waals surface area contributed by atoms with E-state index in [0.29, 0.717) is 6.61 Å². The minimum atomic E-state index is 0.700. The Morgan fingerprint density at radius 1 is 1.20 bits per heavy atom. The van der Waals surface area contributed by atoms with Crippen LogP contribution in [-0.2, 0) is 6.42 Å². The van der Waals surface area contributed by atoms with Crippen LogP contribution in [0.5, 0.6) is 5.75 Å². The zero-order valence-electron chi connectivity index (χ0n) is 12.3. The van der Waals surface area contributed by atoms with Crippen LogP contribution in [0.4, 0.5) is 11.5 Å². The van der Waals surface area contributed by atoms with E-state index in [0.717, 1.165) is 30.2 Å². The number of ether oxygens (including phenoxy) is 1. The Balaban J connectivity index is 1.98. The molecule has 3 heteroatoms. The minimum Gasteiger partial charge on any atom is -0.494 e. The highest BCUT2D eigenvalue weighted by Crippen LogP contribution is 2.35. The van der Waals surface area contributed by atoms with Gasteiger partial charge in [0.05, 0.1) is 6.61 Å². The van der Waals surface area contributed by atoms with Gasteiger partial charge in [-0.1, -0.05) is 6.07 Å². The number of anilines is 2. The summed E-state index contributed by atoms with van der Waals surface area (Å²) in [6, 6.07) is 10.6. The summed E-state index contributed by atoms with van der Waals surface area (Å²) < 4.78 is 5.56. The lowest BCUT2D eigenvalue weighted by Crippen LogP contribution is -2.15. The molecule has 1 aliphatic rings. The van der Waals surface area contributed by atoms with Crippen molar-refractivity contribution < 1.29 is 4.74 Å². The summed E-state index contributed by atoms with van der Waals surface area (Å²) in [7, 11) is 0. The predicted molar refractivity (Wildman–Crippen MR) is 82.0 cm³/mol. The molecule has 2 heterocycles. The maximum Gasteiger partial charge on any atom is 0.136 e. The van der Waals surface area contributed by atoms with Gasteiger partial charge in [0.2, 0.25) is 0 Å². The Kier molecular flexibility index (Phi) is 3.35. The second kappa shape index (κ2) is 5.16. The quantitative estimate of drug-likeness (QED) is 0.846. The number of rotatable bonds is 3. The van der Waals surface area contributed by atoms with Crippen molar-refractivity contribution in [2.75, 3.05) is 18.1 Å². The van der Waals surface area contributed by atoms with Crippen LogP contribution in [0.1, 0.15) is 23.7 Å². The zero-order valence-corrected chi connectivity index (χ0v) is 12.3. The molecule has 0 saturated heterocycles. The van der Waals surface area contributed by atoms with Crippen molar-refractivity contribution in [1.29, 1.82) is 0 Å². The van der Waals surface area contributed by atoms with Crippen LogP contribution in [0.15, 0.2) is 30.3 Å². The number of hydrogen-bond acceptors (Lipinski definition) is 3. The summed E-state index contributed by atoms with van der Waals surface area (Å²) in [4.78, 5) is 7.02. The van der Waals surface area contributed by atoms with Crippen molar-refractivity contribution in [3.63, 3.8) is 0 Å². The Morgan fingerprint density at radius 3 is 2.80 bits per heavy atom. The Morgan fingerprint density at radius 2 is 2.05 bits per heavy atom. The van der Waals surface area contributed by atoms with Gasteiger partial charge in [0.25, 0.3) is 0 Å². The highest BCUT2D eigenvalue weighted by Gasteiger charge is 2.23. The van der Waals surface area contributed by atoms with Gasteiger partial charge in [0, 0.05) is 17.9 Å². The first-order valence-corrected chi connectivity index (χ1v) is 7.16. The van der Waals surface area contributed by atoms with E-state index >= 15 is 0 Å². The van der Waals surface area contributed by atoms with Crippen molar-refractivity contribution >= 4 is 11.5 Å². The van der Waals surface area contributed by atoms with Gasteiger partial charge in [-0.3, -0.25) is 0 Å². The van der Waals surface area contributed by atoms with Crippen LogP contribution in [0.2, 0.25) is 0 Å². The second-order valence-electron chi connectivity index (χ2n) is 5.22. The van der Waals surface area contributed by atoms with Crippen molar-refractivity contribution in [3.8, 4) is 5.75 Å². The molecule has 1 aromatic heterocycles. The molecule has 1 aliphatic heterocycles. The molecule has 0 aliphatic carbocycles. The van der Waals surface area contributed by atoms with Crippen molar-refractivity contribution in [2.24, 2.45) is 0 Å². The second-order valence-corrected chi connectivity index (χ2v) is 5.22. The van der Waals surface area contributed by atoms with E-state index in [4.69, 9.17) is 9.72 Å². The van der Waals surface area contributed by atoms with Crippen LogP contribution >= 0.6 is 0 Å². The standard InChI is InChI=1S/C17H20N2O/c1-4-20-15-7-8-16(12(2)11-15)19-10-9-14-6-5-13(3)18-17(14)19/h5-8,11H,4,9-10H2,1-3H3. The number of benzene rings is 1. The van der Waals surface area contributed by atoms with Crippen molar-refractivity contribution in [3.05, 3.63) is 47.2 Å². The number of fused-ring (bicyclic) bond motifs is 1. The fourth-order valence-corrected chi connectivity index (χ4v) is 2.76. The lowest BCUT2D eigenvalue weighted by Gasteiger charge is -2.21. The molecule has 0 unspecified atom stereocenters. The van der Waals surface area contributed by atoms with E-state index in [1.54, 1.807) is 0 Å². The summed E-state index contributed by atoms with van der Waals surface area (Å²) in [5.74, 6) is 2.04. The normalized spacial score (nSPS) is 13.4. The molecule has 0 atom stereocenters. The van der Waals surface area contributed by atoms with Crippen LogP contribution < -0.4 is 9.64 Å². The highest BCUT2D eigenvalue weighted by molar-refractivity contribution is 5.69. The van der Waals surface area contributed by atoms with Gasteiger partial charge < -0.3 is 9.64 Å². The van der Waals surface area contributed by atoms with Gasteiger partial charge in [0.15, 0.2) is 0 Å². The molecule has 3 nitrogen and oxygen atoms in total. The molecular formula is C17H20N2O. The fourth-order valence-electron chi connectivity index (χ4n) is 2.76. The lowest BCUT2D eigenvalue weighted by molar-refractivity contribution is 0.340. The average molecular weight is 268 g/mol. The molecule has 104 valence electrons. The highest BCUT2D eigenvalue weighted by atomic mass is 16.5. The summed E-state index contributed by atoms with van der Waals surface area (Å²) in [6.07, 6.45) is 1.06. The summed E-state index contributed by atoms with van der Waals surface area (Å²) in [5.41, 5.74) is 4.86. The Hall–Kier alpha value is -2.03. The Labute approximate surface area is 120 Å². The first-order valence-electron chi connectivity index (χ1n) is 7.16. The zero-order chi connectivity index (χ0) is 14.1. The first kappa shape index (κ1) is 13.0. The third-order valence-electron chi connectivity index (χ3n) is 3.73. The smallest absolute Gasteiger partial charge is 0.136 e. The van der Waals surface area contributed by atoms with Crippen LogP contribution in [-0.4, -0.2) is 18.1 Å². The molecule has 2 aromatic rings. The minimum absolute atomic E-state index is 0.700. The molecule has 3 rings (SSSR count).